The second-order valence-electron chi connectivity index (χ2n) is 2.10. The fourth-order valence-corrected chi connectivity index (χ4v) is 1.04. The Bertz CT molecular complexity index is 236. The van der Waals surface area contributed by atoms with Crippen molar-refractivity contribution in [1.29, 1.82) is 0 Å². The zero-order valence-corrected chi connectivity index (χ0v) is 9.08. The molecule has 0 aliphatic rings. The van der Waals surface area contributed by atoms with Crippen molar-refractivity contribution in [2.24, 2.45) is 0 Å². The smallest absolute Gasteiger partial charge is 0.334 e. The van der Waals surface area contributed by atoms with E-state index in [4.69, 9.17) is 29.8 Å². The zero-order valence-electron chi connectivity index (χ0n) is 7.30. The highest BCUT2D eigenvalue weighted by Crippen LogP contribution is 2.41. The first kappa shape index (κ1) is 14.5. The number of phenolic OH excluding ortho intramolecular Hbond substituents is 2. The van der Waals surface area contributed by atoms with E-state index in [2.05, 4.69) is 4.31 Å². The predicted molar refractivity (Wildman–Crippen MR) is 53.6 cm³/mol. The topological polar surface area (TPSA) is 131 Å². The van der Waals surface area contributed by atoms with Gasteiger partial charge in [0, 0.05) is 0 Å². The Kier molecular flexibility index (Phi) is 7.46. The highest BCUT2D eigenvalue weighted by molar-refractivity contribution is 7.53. The normalized spacial score (nSPS) is 10.0. The second-order valence-corrected chi connectivity index (χ2v) is 3.77. The Labute approximate surface area is 87.8 Å². The van der Waals surface area contributed by atoms with E-state index in [1.807, 2.05) is 0 Å². The van der Waals surface area contributed by atoms with Crippen LogP contribution in [0.1, 0.15) is 0 Å². The van der Waals surface area contributed by atoms with Gasteiger partial charge >= 0.3 is 17.2 Å². The second kappa shape index (κ2) is 7.73. The Morgan fingerprint density at radius 2 is 1.00 bits per heavy atom. The molecule has 0 aliphatic carbocycles. The van der Waals surface area contributed by atoms with Crippen LogP contribution in [0.2, 0.25) is 0 Å². The van der Waals surface area contributed by atoms with Crippen LogP contribution in [0.15, 0.2) is 24.3 Å². The van der Waals surface area contributed by atoms with E-state index >= 15 is 0 Å². The minimum Gasteiger partial charge on any atom is -0.508 e. The molecule has 0 aromatic heterocycles. The molecule has 9 heteroatoms. The minimum absolute atomic E-state index is 0.169. The summed E-state index contributed by atoms with van der Waals surface area (Å²) in [5.41, 5.74) is 0. The van der Waals surface area contributed by atoms with Crippen LogP contribution in [0.3, 0.4) is 0 Å². The molecule has 0 fully saturated rings. The summed E-state index contributed by atoms with van der Waals surface area (Å²) < 4.78 is 3.60. The Hall–Kier alpha value is -0.520. The number of hydrogen-bond acceptors (Lipinski definition) is 7. The SMILES string of the molecule is OP(O)OP(O)O.Oc1ccc(O)cc1. The third kappa shape index (κ3) is 9.78. The largest absolute Gasteiger partial charge is 0.508 e. The van der Waals surface area contributed by atoms with Gasteiger partial charge in [-0.2, -0.15) is 0 Å². The standard InChI is InChI=1S/C6H6O2.H4O5P2/c7-5-1-2-6(8)4-3-5;1-6(2)5-7(3)4/h1-4,7-8H;1-4H. The number of hydrogen-bond donors (Lipinski definition) is 6. The third-order valence-corrected chi connectivity index (χ3v) is 2.16. The summed E-state index contributed by atoms with van der Waals surface area (Å²) in [5.74, 6) is 0.339. The molecule has 0 radical (unpaired) electrons. The van der Waals surface area contributed by atoms with Gasteiger partial charge in [0.25, 0.3) is 0 Å². The Morgan fingerprint density at radius 3 is 1.13 bits per heavy atom. The summed E-state index contributed by atoms with van der Waals surface area (Å²) in [7, 11) is -5.22. The maximum Gasteiger partial charge on any atom is 0.334 e. The van der Waals surface area contributed by atoms with Crippen LogP contribution >= 0.6 is 17.2 Å². The van der Waals surface area contributed by atoms with Crippen molar-refractivity contribution in [1.82, 2.24) is 0 Å². The lowest BCUT2D eigenvalue weighted by atomic mass is 10.3. The van der Waals surface area contributed by atoms with Gasteiger partial charge in [0.1, 0.15) is 11.5 Å². The van der Waals surface area contributed by atoms with E-state index < -0.39 is 17.2 Å². The van der Waals surface area contributed by atoms with Crippen molar-refractivity contribution in [3.8, 4) is 11.5 Å². The van der Waals surface area contributed by atoms with Crippen LogP contribution in [0, 0.1) is 0 Å². The summed E-state index contributed by atoms with van der Waals surface area (Å²) in [5, 5.41) is 17.3. The highest BCUT2D eigenvalue weighted by Gasteiger charge is 2.05. The van der Waals surface area contributed by atoms with Gasteiger partial charge in [0.05, 0.1) is 0 Å². The van der Waals surface area contributed by atoms with Gasteiger partial charge in [-0.25, -0.2) is 4.31 Å². The number of aromatic hydroxyl groups is 2. The molecule has 0 heterocycles. The summed E-state index contributed by atoms with van der Waals surface area (Å²) in [6.45, 7) is 0. The number of benzene rings is 1. The third-order valence-electron chi connectivity index (χ3n) is 0.996. The maximum atomic E-state index is 8.65. The van der Waals surface area contributed by atoms with Crippen molar-refractivity contribution in [2.45, 2.75) is 0 Å². The van der Waals surface area contributed by atoms with E-state index in [1.54, 1.807) is 0 Å². The van der Waals surface area contributed by atoms with E-state index in [-0.39, 0.29) is 11.5 Å². The van der Waals surface area contributed by atoms with Crippen LogP contribution in [0.5, 0.6) is 11.5 Å². The van der Waals surface area contributed by atoms with E-state index in [1.165, 1.54) is 24.3 Å². The molecule has 1 aromatic rings. The molecule has 0 atom stereocenters. The molecule has 0 amide bonds. The summed E-state index contributed by atoms with van der Waals surface area (Å²) in [6, 6.07) is 5.70. The van der Waals surface area contributed by atoms with Gasteiger partial charge in [-0.1, -0.05) is 0 Å². The van der Waals surface area contributed by atoms with Crippen molar-refractivity contribution in [3.63, 3.8) is 0 Å². The van der Waals surface area contributed by atoms with Crippen LogP contribution in [-0.4, -0.2) is 29.8 Å². The molecule has 86 valence electrons. The first-order valence-electron chi connectivity index (χ1n) is 3.43. The van der Waals surface area contributed by atoms with E-state index in [9.17, 15) is 0 Å². The molecule has 6 N–H and O–H groups in total. The van der Waals surface area contributed by atoms with Gasteiger partial charge in [0.2, 0.25) is 0 Å². The number of phenols is 2. The van der Waals surface area contributed by atoms with Crippen molar-refractivity contribution < 1.29 is 34.1 Å². The Morgan fingerprint density at radius 1 is 0.733 bits per heavy atom. The Balaban J connectivity index is 0.000000265. The van der Waals surface area contributed by atoms with Crippen LogP contribution in [0.4, 0.5) is 0 Å². The fourth-order valence-electron chi connectivity index (χ4n) is 0.518. The van der Waals surface area contributed by atoms with Crippen molar-refractivity contribution >= 4 is 17.2 Å². The lowest BCUT2D eigenvalue weighted by molar-refractivity contribution is 0.324. The molecule has 0 spiro atoms. The molecular formula is C6H10O7P2. The fraction of sp³-hybridized carbons (Fsp3) is 0. The van der Waals surface area contributed by atoms with E-state index in [0.29, 0.717) is 0 Å². The lowest BCUT2D eigenvalue weighted by Crippen LogP contribution is -1.73. The minimum atomic E-state index is -2.61. The van der Waals surface area contributed by atoms with E-state index in [0.717, 1.165) is 0 Å². The first-order valence-corrected chi connectivity index (χ1v) is 5.76. The predicted octanol–water partition coefficient (Wildman–Crippen LogP) is 0.524. The van der Waals surface area contributed by atoms with Gasteiger partial charge in [-0.05, 0) is 24.3 Å². The van der Waals surface area contributed by atoms with Crippen molar-refractivity contribution in [2.75, 3.05) is 0 Å². The first-order chi connectivity index (χ1) is 6.91. The van der Waals surface area contributed by atoms with Gasteiger partial charge in [-0.15, -0.1) is 0 Å². The summed E-state index contributed by atoms with van der Waals surface area (Å²) in [6.07, 6.45) is 0. The van der Waals surface area contributed by atoms with Gasteiger partial charge in [-0.3, -0.25) is 0 Å². The molecule has 7 nitrogen and oxygen atoms in total. The molecule has 0 unspecified atom stereocenters. The highest BCUT2D eigenvalue weighted by atomic mass is 31.2. The average molecular weight is 256 g/mol. The molecule has 0 saturated heterocycles. The monoisotopic (exact) mass is 256 g/mol. The lowest BCUT2D eigenvalue weighted by Gasteiger charge is -2.00. The zero-order chi connectivity index (χ0) is 11.8. The molecule has 15 heavy (non-hydrogen) atoms. The molecule has 0 aliphatic heterocycles. The van der Waals surface area contributed by atoms with Crippen LogP contribution < -0.4 is 0 Å². The maximum absolute atomic E-state index is 8.65. The number of rotatable bonds is 2. The summed E-state index contributed by atoms with van der Waals surface area (Å²) >= 11 is 0. The molecule has 1 rings (SSSR count). The molecule has 0 saturated carbocycles. The van der Waals surface area contributed by atoms with Gasteiger partial charge in [0.15, 0.2) is 0 Å². The van der Waals surface area contributed by atoms with Crippen LogP contribution in [0.25, 0.3) is 0 Å². The average Bonchev–Trinajstić information content (AvgIpc) is 2.09. The summed E-state index contributed by atoms with van der Waals surface area (Å²) in [4.78, 5) is 31.3. The molecule has 1 aromatic carbocycles. The quantitative estimate of drug-likeness (QED) is 0.336. The van der Waals surface area contributed by atoms with Gasteiger partial charge < -0.3 is 29.8 Å². The van der Waals surface area contributed by atoms with Crippen LogP contribution in [-0.2, 0) is 4.31 Å². The molecule has 0 bridgehead atoms. The van der Waals surface area contributed by atoms with Crippen molar-refractivity contribution in [3.05, 3.63) is 24.3 Å². The molecular weight excluding hydrogens is 246 g/mol.